The van der Waals surface area contributed by atoms with Crippen molar-refractivity contribution in [3.05, 3.63) is 0 Å². The zero-order valence-electron chi connectivity index (χ0n) is 9.70. The molecular weight excluding hydrogens is 293 g/mol. The highest BCUT2D eigenvalue weighted by molar-refractivity contribution is 14.1. The number of nitrogens with zero attached hydrogens (tertiary/aromatic N) is 1. The Balaban J connectivity index is 4.33. The van der Waals surface area contributed by atoms with Gasteiger partial charge in [-0.2, -0.15) is 0 Å². The van der Waals surface area contributed by atoms with Crippen LogP contribution in [0, 0.1) is 5.92 Å². The van der Waals surface area contributed by atoms with Crippen LogP contribution in [0.5, 0.6) is 0 Å². The van der Waals surface area contributed by atoms with E-state index in [0.717, 1.165) is 6.42 Å². The number of aliphatic hydroxyl groups is 1. The van der Waals surface area contributed by atoms with Gasteiger partial charge in [0, 0.05) is 12.1 Å². The molecule has 86 valence electrons. The standard InChI is InChI=1S/C10H22INO2/c1-7(2)6-9(5)12(8(3)4)10(13)14-11/h7-10,13H,6H2,1-5H3. The number of aliphatic hydroxyl groups excluding tert-OH is 1. The van der Waals surface area contributed by atoms with Gasteiger partial charge in [-0.25, -0.2) is 4.90 Å². The quantitative estimate of drug-likeness (QED) is 0.604. The van der Waals surface area contributed by atoms with Crippen LogP contribution in [0.3, 0.4) is 0 Å². The van der Waals surface area contributed by atoms with Gasteiger partial charge in [-0.15, -0.1) is 0 Å². The first kappa shape index (κ1) is 14.6. The molecule has 0 radical (unpaired) electrons. The van der Waals surface area contributed by atoms with Crippen LogP contribution in [0.4, 0.5) is 0 Å². The van der Waals surface area contributed by atoms with Crippen molar-refractivity contribution in [3.63, 3.8) is 0 Å². The van der Waals surface area contributed by atoms with Crippen molar-refractivity contribution in [2.75, 3.05) is 0 Å². The largest absolute Gasteiger partial charge is 0.355 e. The van der Waals surface area contributed by atoms with E-state index in [-0.39, 0.29) is 6.04 Å². The maximum atomic E-state index is 9.67. The van der Waals surface area contributed by atoms with E-state index in [0.29, 0.717) is 12.0 Å². The highest BCUT2D eigenvalue weighted by Crippen LogP contribution is 2.17. The Bertz CT molecular complexity index is 153. The average Bonchev–Trinajstić information content (AvgIpc) is 2.01. The zero-order valence-corrected chi connectivity index (χ0v) is 11.9. The van der Waals surface area contributed by atoms with Crippen molar-refractivity contribution in [1.82, 2.24) is 4.90 Å². The van der Waals surface area contributed by atoms with Crippen LogP contribution in [0.2, 0.25) is 0 Å². The number of rotatable bonds is 6. The molecule has 0 aromatic heterocycles. The van der Waals surface area contributed by atoms with Crippen LogP contribution < -0.4 is 0 Å². The molecule has 0 bridgehead atoms. The molecule has 0 spiro atoms. The summed E-state index contributed by atoms with van der Waals surface area (Å²) in [7, 11) is 0. The van der Waals surface area contributed by atoms with Crippen molar-refractivity contribution in [3.8, 4) is 0 Å². The number of hydrogen-bond donors (Lipinski definition) is 1. The van der Waals surface area contributed by atoms with E-state index in [4.69, 9.17) is 3.07 Å². The molecule has 0 saturated heterocycles. The molecule has 2 unspecified atom stereocenters. The molecule has 4 heteroatoms. The van der Waals surface area contributed by atoms with E-state index in [2.05, 4.69) is 34.6 Å². The second-order valence-corrected chi connectivity index (χ2v) is 4.94. The molecule has 14 heavy (non-hydrogen) atoms. The lowest BCUT2D eigenvalue weighted by atomic mass is 10.0. The fourth-order valence-electron chi connectivity index (χ4n) is 1.83. The number of halogens is 1. The van der Waals surface area contributed by atoms with Crippen molar-refractivity contribution >= 4 is 23.0 Å². The lowest BCUT2D eigenvalue weighted by molar-refractivity contribution is -0.144. The Morgan fingerprint density at radius 2 is 1.71 bits per heavy atom. The van der Waals surface area contributed by atoms with Gasteiger partial charge in [0.2, 0.25) is 6.41 Å². The normalized spacial score (nSPS) is 16.7. The van der Waals surface area contributed by atoms with Crippen molar-refractivity contribution in [1.29, 1.82) is 0 Å². The molecule has 0 aliphatic carbocycles. The molecule has 0 aromatic carbocycles. The van der Waals surface area contributed by atoms with Gasteiger partial charge < -0.3 is 5.11 Å². The van der Waals surface area contributed by atoms with Gasteiger partial charge in [-0.3, -0.25) is 3.07 Å². The summed E-state index contributed by atoms with van der Waals surface area (Å²) in [5.41, 5.74) is 0. The van der Waals surface area contributed by atoms with Gasteiger partial charge in [-0.1, -0.05) is 13.8 Å². The first-order valence-electron chi connectivity index (χ1n) is 5.13. The van der Waals surface area contributed by atoms with Crippen molar-refractivity contribution < 1.29 is 8.17 Å². The topological polar surface area (TPSA) is 32.7 Å². The Hall–Kier alpha value is 0.610. The fraction of sp³-hybridized carbons (Fsp3) is 1.00. The second-order valence-electron chi connectivity index (χ2n) is 4.43. The summed E-state index contributed by atoms with van der Waals surface area (Å²) >= 11 is 1.74. The molecule has 0 amide bonds. The highest BCUT2D eigenvalue weighted by atomic mass is 127. The molecular formula is C10H22INO2. The minimum absolute atomic E-state index is 0.286. The van der Waals surface area contributed by atoms with Gasteiger partial charge in [0.05, 0.1) is 0 Å². The third-order valence-corrected chi connectivity index (χ3v) is 2.71. The van der Waals surface area contributed by atoms with Gasteiger partial charge in [0.25, 0.3) is 0 Å². The maximum absolute atomic E-state index is 9.67. The Morgan fingerprint density at radius 3 is 2.00 bits per heavy atom. The fourth-order valence-corrected chi connectivity index (χ4v) is 2.09. The lowest BCUT2D eigenvalue weighted by Crippen LogP contribution is -2.46. The minimum atomic E-state index is -0.802. The summed E-state index contributed by atoms with van der Waals surface area (Å²) in [6, 6.07) is 0.619. The Labute approximate surface area is 102 Å². The van der Waals surface area contributed by atoms with E-state index in [9.17, 15) is 5.11 Å². The Morgan fingerprint density at radius 1 is 1.21 bits per heavy atom. The molecule has 0 fully saturated rings. The first-order chi connectivity index (χ1) is 6.40. The van der Waals surface area contributed by atoms with Crippen LogP contribution in [0.1, 0.15) is 41.0 Å². The molecule has 0 aromatic rings. The average molecular weight is 315 g/mol. The van der Waals surface area contributed by atoms with Gasteiger partial charge in [0.1, 0.15) is 23.0 Å². The van der Waals surface area contributed by atoms with E-state index in [1.165, 1.54) is 0 Å². The third-order valence-electron chi connectivity index (χ3n) is 2.25. The second kappa shape index (κ2) is 6.98. The third kappa shape index (κ3) is 4.91. The molecule has 0 heterocycles. The van der Waals surface area contributed by atoms with Gasteiger partial charge >= 0.3 is 0 Å². The van der Waals surface area contributed by atoms with Crippen LogP contribution >= 0.6 is 23.0 Å². The van der Waals surface area contributed by atoms with Crippen molar-refractivity contribution in [2.45, 2.75) is 59.5 Å². The van der Waals surface area contributed by atoms with Crippen LogP contribution in [-0.2, 0) is 3.07 Å². The molecule has 0 rings (SSSR count). The maximum Gasteiger partial charge on any atom is 0.227 e. The summed E-state index contributed by atoms with van der Waals surface area (Å²) in [5.74, 6) is 0.632. The predicted molar refractivity (Wildman–Crippen MR) is 67.0 cm³/mol. The van der Waals surface area contributed by atoms with Gasteiger partial charge in [0.15, 0.2) is 0 Å². The first-order valence-corrected chi connectivity index (χ1v) is 6.01. The van der Waals surface area contributed by atoms with Crippen LogP contribution in [0.15, 0.2) is 0 Å². The SMILES string of the molecule is CC(C)CC(C)N(C(C)C)C(O)OI. The molecule has 1 N–H and O–H groups in total. The summed E-state index contributed by atoms with van der Waals surface area (Å²) < 4.78 is 4.93. The lowest BCUT2D eigenvalue weighted by Gasteiger charge is -2.35. The molecule has 3 nitrogen and oxygen atoms in total. The van der Waals surface area contributed by atoms with E-state index >= 15 is 0 Å². The van der Waals surface area contributed by atoms with Gasteiger partial charge in [-0.05, 0) is 33.1 Å². The monoisotopic (exact) mass is 315 g/mol. The molecule has 0 aliphatic rings. The summed E-state index contributed by atoms with van der Waals surface area (Å²) in [4.78, 5) is 1.98. The molecule has 0 aliphatic heterocycles. The van der Waals surface area contributed by atoms with Crippen molar-refractivity contribution in [2.24, 2.45) is 5.92 Å². The molecule has 0 saturated carbocycles. The number of hydrogen-bond acceptors (Lipinski definition) is 3. The highest BCUT2D eigenvalue weighted by Gasteiger charge is 2.25. The summed E-state index contributed by atoms with van der Waals surface area (Å²) in [6.45, 7) is 10.6. The predicted octanol–water partition coefficient (Wildman–Crippen LogP) is 2.77. The van der Waals surface area contributed by atoms with Crippen LogP contribution in [0.25, 0.3) is 0 Å². The van der Waals surface area contributed by atoms with Crippen LogP contribution in [-0.4, -0.2) is 28.5 Å². The van der Waals surface area contributed by atoms with E-state index < -0.39 is 6.41 Å². The summed E-state index contributed by atoms with van der Waals surface area (Å²) in [5, 5.41) is 9.67. The van der Waals surface area contributed by atoms with E-state index in [1.807, 2.05) is 4.90 Å². The zero-order chi connectivity index (χ0) is 11.3. The summed E-state index contributed by atoms with van der Waals surface area (Å²) in [6.07, 6.45) is 0.263. The Kier molecular flexibility index (Phi) is 7.28. The molecule has 2 atom stereocenters. The van der Waals surface area contributed by atoms with E-state index in [1.54, 1.807) is 23.0 Å². The minimum Gasteiger partial charge on any atom is -0.355 e. The smallest absolute Gasteiger partial charge is 0.227 e.